The van der Waals surface area contributed by atoms with Crippen molar-refractivity contribution in [2.45, 2.75) is 72.6 Å². The number of unbranched alkanes of at least 4 members (excludes halogenated alkanes) is 4. The third kappa shape index (κ3) is 18.4. The van der Waals surface area contributed by atoms with Crippen molar-refractivity contribution < 1.29 is 9.59 Å². The van der Waals surface area contributed by atoms with E-state index in [1.807, 2.05) is 20.8 Å². The van der Waals surface area contributed by atoms with E-state index in [9.17, 15) is 9.59 Å². The quantitative estimate of drug-likeness (QED) is 0.474. The Morgan fingerprint density at radius 2 is 1.59 bits per heavy atom. The number of allylic oxidation sites excluding steroid dienone is 1. The second kappa shape index (κ2) is 14.4. The Balaban J connectivity index is 0. The highest BCUT2D eigenvalue weighted by Crippen LogP contribution is 2.09. The summed E-state index contributed by atoms with van der Waals surface area (Å²) < 4.78 is 0. The van der Waals surface area contributed by atoms with Gasteiger partial charge in [0.2, 0.25) is 11.8 Å². The lowest BCUT2D eigenvalue weighted by Gasteiger charge is -2.04. The Labute approximate surface area is 136 Å². The van der Waals surface area contributed by atoms with Crippen molar-refractivity contribution in [3.63, 3.8) is 0 Å². The van der Waals surface area contributed by atoms with Crippen molar-refractivity contribution in [2.24, 2.45) is 17.4 Å². The number of hydrogen-bond donors (Lipinski definition) is 2. The lowest BCUT2D eigenvalue weighted by molar-refractivity contribution is -0.118. The average molecular weight is 310 g/mol. The van der Waals surface area contributed by atoms with Gasteiger partial charge >= 0.3 is 0 Å². The molecule has 0 aliphatic heterocycles. The molecule has 4 nitrogen and oxygen atoms in total. The first-order chi connectivity index (χ1) is 10.2. The van der Waals surface area contributed by atoms with Gasteiger partial charge < -0.3 is 11.5 Å². The van der Waals surface area contributed by atoms with Crippen molar-refractivity contribution in [1.29, 1.82) is 0 Å². The van der Waals surface area contributed by atoms with Crippen LogP contribution < -0.4 is 11.5 Å². The second-order valence-corrected chi connectivity index (χ2v) is 6.00. The zero-order valence-corrected chi connectivity index (χ0v) is 14.8. The van der Waals surface area contributed by atoms with E-state index in [0.717, 1.165) is 17.6 Å². The minimum Gasteiger partial charge on any atom is -0.369 e. The van der Waals surface area contributed by atoms with E-state index in [2.05, 4.69) is 19.6 Å². The van der Waals surface area contributed by atoms with Gasteiger partial charge in [0, 0.05) is 12.8 Å². The summed E-state index contributed by atoms with van der Waals surface area (Å²) in [5.41, 5.74) is 12.0. The maximum absolute atomic E-state index is 10.5. The molecule has 22 heavy (non-hydrogen) atoms. The van der Waals surface area contributed by atoms with Crippen LogP contribution in [0.5, 0.6) is 0 Å². The predicted octanol–water partition coefficient (Wildman–Crippen LogP) is 3.85. The number of nitrogens with two attached hydrogens (primary N) is 2. The van der Waals surface area contributed by atoms with Crippen LogP contribution >= 0.6 is 0 Å². The molecule has 2 amide bonds. The molecule has 128 valence electrons. The highest BCUT2D eigenvalue weighted by molar-refractivity contribution is 5.76. The molecule has 0 aromatic rings. The fraction of sp³-hybridized carbons (Fsp3) is 0.667. The van der Waals surface area contributed by atoms with E-state index in [1.54, 1.807) is 0 Å². The van der Waals surface area contributed by atoms with Crippen LogP contribution in [0.15, 0.2) is 23.8 Å². The third-order valence-corrected chi connectivity index (χ3v) is 3.22. The molecule has 0 spiro atoms. The molecular weight excluding hydrogens is 276 g/mol. The van der Waals surface area contributed by atoms with Crippen LogP contribution in [-0.4, -0.2) is 11.8 Å². The van der Waals surface area contributed by atoms with Gasteiger partial charge in [-0.3, -0.25) is 9.59 Å². The van der Waals surface area contributed by atoms with E-state index < -0.39 is 0 Å². The molecule has 0 saturated carbocycles. The van der Waals surface area contributed by atoms with Gasteiger partial charge in [0.05, 0.1) is 0 Å². The minimum absolute atomic E-state index is 0.234. The van der Waals surface area contributed by atoms with E-state index in [-0.39, 0.29) is 11.8 Å². The molecule has 0 aromatic carbocycles. The predicted molar refractivity (Wildman–Crippen MR) is 94.1 cm³/mol. The van der Waals surface area contributed by atoms with Crippen LogP contribution in [0.4, 0.5) is 0 Å². The number of carbonyl (C=O) groups is 2. The van der Waals surface area contributed by atoms with Crippen LogP contribution in [0, 0.1) is 5.92 Å². The molecule has 0 atom stereocenters. The molecule has 0 heterocycles. The molecule has 0 bridgehead atoms. The molecule has 0 fully saturated rings. The van der Waals surface area contributed by atoms with Gasteiger partial charge in [-0.2, -0.15) is 0 Å². The number of amides is 2. The van der Waals surface area contributed by atoms with E-state index in [0.29, 0.717) is 18.8 Å². The highest BCUT2D eigenvalue weighted by atomic mass is 16.1. The summed E-state index contributed by atoms with van der Waals surface area (Å²) in [6, 6.07) is 0. The summed E-state index contributed by atoms with van der Waals surface area (Å²) in [7, 11) is 0. The maximum atomic E-state index is 10.5. The fourth-order valence-electron chi connectivity index (χ4n) is 1.69. The number of rotatable bonds is 10. The van der Waals surface area contributed by atoms with Gasteiger partial charge in [-0.25, -0.2) is 0 Å². The third-order valence-electron chi connectivity index (χ3n) is 3.22. The van der Waals surface area contributed by atoms with Gasteiger partial charge in [0.25, 0.3) is 0 Å². The Morgan fingerprint density at radius 1 is 1.05 bits per heavy atom. The molecule has 0 saturated heterocycles. The van der Waals surface area contributed by atoms with Crippen LogP contribution in [0.3, 0.4) is 0 Å². The highest BCUT2D eigenvalue weighted by Gasteiger charge is 2.02. The topological polar surface area (TPSA) is 86.2 Å². The molecule has 4 heteroatoms. The van der Waals surface area contributed by atoms with Gasteiger partial charge in [-0.1, -0.05) is 63.8 Å². The van der Waals surface area contributed by atoms with E-state index in [1.165, 1.54) is 25.7 Å². The summed E-state index contributed by atoms with van der Waals surface area (Å²) >= 11 is 0. The Kier molecular flexibility index (Phi) is 14.8. The van der Waals surface area contributed by atoms with Crippen LogP contribution in [0.1, 0.15) is 72.6 Å². The lowest BCUT2D eigenvalue weighted by atomic mass is 10.0. The van der Waals surface area contributed by atoms with Crippen molar-refractivity contribution in [1.82, 2.24) is 0 Å². The van der Waals surface area contributed by atoms with Crippen molar-refractivity contribution in [3.05, 3.63) is 23.8 Å². The number of primary amides is 2. The standard InChI is InChI=1S/C11H21NO.C7H13NO/c1-3-4-5-6-7-8-10(2)9-11(12)13;1-5(2)6(3)4-7(8)9/h8H,3-7,9H2,1-2H3,(H2,12,13);5H,3-4H2,1-2H3,(H2,8,9). The van der Waals surface area contributed by atoms with Gasteiger partial charge in [0.1, 0.15) is 0 Å². The van der Waals surface area contributed by atoms with Crippen molar-refractivity contribution >= 4 is 11.8 Å². The first-order valence-corrected chi connectivity index (χ1v) is 8.10. The van der Waals surface area contributed by atoms with Gasteiger partial charge in [0.15, 0.2) is 0 Å². The Hall–Kier alpha value is -1.58. The summed E-state index contributed by atoms with van der Waals surface area (Å²) in [5.74, 6) is -0.173. The van der Waals surface area contributed by atoms with Crippen LogP contribution in [-0.2, 0) is 9.59 Å². The summed E-state index contributed by atoms with van der Waals surface area (Å²) in [6.07, 6.45) is 9.03. The molecule has 0 aliphatic rings. The Bertz CT molecular complexity index is 371. The second-order valence-electron chi connectivity index (χ2n) is 6.00. The SMILES string of the molecule is C=C(CC(N)=O)C(C)C.CCCCCCC=C(C)CC(N)=O. The van der Waals surface area contributed by atoms with Gasteiger partial charge in [-0.05, 0) is 25.7 Å². The minimum atomic E-state index is -0.297. The monoisotopic (exact) mass is 310 g/mol. The number of carbonyl (C=O) groups excluding carboxylic acids is 2. The molecule has 0 rings (SSSR count). The maximum Gasteiger partial charge on any atom is 0.221 e. The summed E-state index contributed by atoms with van der Waals surface area (Å²) in [5, 5.41) is 0. The normalized spacial score (nSPS) is 10.9. The zero-order chi connectivity index (χ0) is 17.5. The van der Waals surface area contributed by atoms with Crippen LogP contribution in [0.2, 0.25) is 0 Å². The first-order valence-electron chi connectivity index (χ1n) is 8.10. The molecule has 0 aliphatic carbocycles. The fourth-order valence-corrected chi connectivity index (χ4v) is 1.69. The largest absolute Gasteiger partial charge is 0.369 e. The van der Waals surface area contributed by atoms with E-state index in [4.69, 9.17) is 11.5 Å². The average Bonchev–Trinajstić information content (AvgIpc) is 2.37. The zero-order valence-electron chi connectivity index (χ0n) is 14.8. The molecular formula is C18H34N2O2. The Morgan fingerprint density at radius 3 is 1.95 bits per heavy atom. The van der Waals surface area contributed by atoms with E-state index >= 15 is 0 Å². The van der Waals surface area contributed by atoms with Crippen molar-refractivity contribution in [2.75, 3.05) is 0 Å². The molecule has 0 aromatic heterocycles. The molecule has 4 N–H and O–H groups in total. The molecule has 0 radical (unpaired) electrons. The lowest BCUT2D eigenvalue weighted by Crippen LogP contribution is -2.12. The summed E-state index contributed by atoms with van der Waals surface area (Å²) in [4.78, 5) is 20.8. The van der Waals surface area contributed by atoms with Crippen LogP contribution in [0.25, 0.3) is 0 Å². The van der Waals surface area contributed by atoms with Gasteiger partial charge in [-0.15, -0.1) is 0 Å². The molecule has 0 unspecified atom stereocenters. The smallest absolute Gasteiger partial charge is 0.221 e. The van der Waals surface area contributed by atoms with Crippen molar-refractivity contribution in [3.8, 4) is 0 Å². The number of hydrogen-bond acceptors (Lipinski definition) is 2. The summed E-state index contributed by atoms with van der Waals surface area (Å²) in [6.45, 7) is 11.8. The first kappa shape index (κ1) is 22.7.